The number of hydrogen-bond acceptors (Lipinski definition) is 3. The molecule has 1 aliphatic carbocycles. The molecule has 3 heteroatoms. The van der Waals surface area contributed by atoms with Crippen LogP contribution >= 0.6 is 12.2 Å². The molecule has 1 heterocycles. The van der Waals surface area contributed by atoms with Crippen LogP contribution in [0.5, 0.6) is 0 Å². The van der Waals surface area contributed by atoms with Crippen molar-refractivity contribution < 1.29 is 4.18 Å². The monoisotopic (exact) mass is 207 g/mol. The van der Waals surface area contributed by atoms with Crippen LogP contribution in [0.15, 0.2) is 48.4 Å². The van der Waals surface area contributed by atoms with Crippen molar-refractivity contribution in [2.45, 2.75) is 6.92 Å². The van der Waals surface area contributed by atoms with Gasteiger partial charge in [-0.1, -0.05) is 36.5 Å². The van der Waals surface area contributed by atoms with E-state index in [1.54, 1.807) is 0 Å². The maximum atomic E-state index is 5.54. The Kier molecular flexibility index (Phi) is 2.42. The molecule has 0 fully saturated rings. The first-order chi connectivity index (χ1) is 6.71. The molecule has 2 aliphatic rings. The highest BCUT2D eigenvalue weighted by atomic mass is 32.2. The first-order valence-corrected chi connectivity index (χ1v) is 5.24. The first kappa shape index (κ1) is 9.46. The maximum absolute atomic E-state index is 5.54. The smallest absolute Gasteiger partial charge is 0.178 e. The van der Waals surface area contributed by atoms with E-state index in [-0.39, 0.29) is 5.41 Å². The Balaban J connectivity index is 2.28. The topological polar surface area (TPSA) is 12.5 Å². The van der Waals surface area contributed by atoms with Gasteiger partial charge in [-0.15, -0.1) is 0 Å². The van der Waals surface area contributed by atoms with Crippen LogP contribution in [0, 0.1) is 5.41 Å². The Hall–Kier alpha value is -1.09. The summed E-state index contributed by atoms with van der Waals surface area (Å²) in [5.74, 6) is 0.973. The molecule has 2 rings (SSSR count). The summed E-state index contributed by atoms with van der Waals surface area (Å²) in [6.07, 6.45) is 14.4. The summed E-state index contributed by atoms with van der Waals surface area (Å²) in [6.45, 7) is 2.14. The molecule has 1 aliphatic heterocycles. The summed E-state index contributed by atoms with van der Waals surface area (Å²) in [4.78, 5) is 0. The third-order valence-electron chi connectivity index (χ3n) is 2.29. The second kappa shape index (κ2) is 3.58. The average Bonchev–Trinajstić information content (AvgIpc) is 2.47. The number of rotatable bonds is 1. The Morgan fingerprint density at radius 2 is 1.86 bits per heavy atom. The van der Waals surface area contributed by atoms with Crippen molar-refractivity contribution in [1.29, 1.82) is 0 Å². The van der Waals surface area contributed by atoms with Gasteiger partial charge >= 0.3 is 0 Å². The van der Waals surface area contributed by atoms with E-state index in [1.165, 1.54) is 12.2 Å². The van der Waals surface area contributed by atoms with E-state index in [1.807, 2.05) is 41.9 Å². The molecule has 0 aromatic carbocycles. The second-order valence-electron chi connectivity index (χ2n) is 3.58. The Morgan fingerprint density at radius 1 is 1.21 bits per heavy atom. The molecular formula is C11H13NOS. The van der Waals surface area contributed by atoms with Crippen molar-refractivity contribution in [2.75, 3.05) is 7.05 Å². The summed E-state index contributed by atoms with van der Waals surface area (Å²) in [7, 11) is 1.98. The molecule has 0 atom stereocenters. The third kappa shape index (κ3) is 1.73. The maximum Gasteiger partial charge on any atom is 0.178 e. The van der Waals surface area contributed by atoms with Gasteiger partial charge in [-0.25, -0.2) is 0 Å². The van der Waals surface area contributed by atoms with E-state index in [2.05, 4.69) is 19.1 Å². The lowest BCUT2D eigenvalue weighted by atomic mass is 9.88. The fraction of sp³-hybridized carbons (Fsp3) is 0.273. The molecule has 0 saturated heterocycles. The lowest BCUT2D eigenvalue weighted by molar-refractivity contribution is 0.397. The Morgan fingerprint density at radius 3 is 2.36 bits per heavy atom. The van der Waals surface area contributed by atoms with Crippen molar-refractivity contribution in [3.8, 4) is 0 Å². The minimum absolute atomic E-state index is 0.124. The fourth-order valence-corrected chi connectivity index (χ4v) is 1.95. The molecule has 0 spiro atoms. The van der Waals surface area contributed by atoms with Gasteiger partial charge in [0.25, 0.3) is 0 Å². The molecule has 14 heavy (non-hydrogen) atoms. The van der Waals surface area contributed by atoms with E-state index in [9.17, 15) is 0 Å². The van der Waals surface area contributed by atoms with E-state index >= 15 is 0 Å². The number of allylic oxidation sites excluding steroid dienone is 5. The highest BCUT2D eigenvalue weighted by Gasteiger charge is 2.29. The SMILES string of the molecule is CN1C=C(C2(C)C=CC=CC=C2)OS1. The van der Waals surface area contributed by atoms with Crippen LogP contribution in [0.2, 0.25) is 0 Å². The molecule has 0 saturated carbocycles. The van der Waals surface area contributed by atoms with Crippen LogP contribution < -0.4 is 0 Å². The summed E-state index contributed by atoms with van der Waals surface area (Å²) in [6, 6.07) is 0. The summed E-state index contributed by atoms with van der Waals surface area (Å²) in [5.41, 5.74) is -0.124. The van der Waals surface area contributed by atoms with Gasteiger partial charge in [0.05, 0.1) is 11.6 Å². The zero-order chi connectivity index (χ0) is 10.0. The van der Waals surface area contributed by atoms with Gasteiger partial charge in [0.2, 0.25) is 0 Å². The Bertz CT molecular complexity index is 325. The van der Waals surface area contributed by atoms with Gasteiger partial charge in [0, 0.05) is 7.05 Å². The van der Waals surface area contributed by atoms with Gasteiger partial charge in [0.15, 0.2) is 12.2 Å². The zero-order valence-corrected chi connectivity index (χ0v) is 9.12. The van der Waals surface area contributed by atoms with E-state index in [0.717, 1.165) is 5.76 Å². The minimum Gasteiger partial charge on any atom is -0.407 e. The van der Waals surface area contributed by atoms with Crippen LogP contribution in [0.4, 0.5) is 0 Å². The van der Waals surface area contributed by atoms with Crippen LogP contribution in [-0.2, 0) is 4.18 Å². The summed E-state index contributed by atoms with van der Waals surface area (Å²) in [5, 5.41) is 0. The fourth-order valence-electron chi connectivity index (χ4n) is 1.39. The molecule has 0 bridgehead atoms. The molecular weight excluding hydrogens is 194 g/mol. The van der Waals surface area contributed by atoms with Crippen LogP contribution in [0.1, 0.15) is 6.92 Å². The number of hydrogen-bond donors (Lipinski definition) is 0. The molecule has 0 aromatic heterocycles. The highest BCUT2D eigenvalue weighted by molar-refractivity contribution is 7.92. The molecule has 0 unspecified atom stereocenters. The lowest BCUT2D eigenvalue weighted by Crippen LogP contribution is -2.12. The van der Waals surface area contributed by atoms with E-state index < -0.39 is 0 Å². The predicted molar refractivity (Wildman–Crippen MR) is 60.0 cm³/mol. The van der Waals surface area contributed by atoms with Gasteiger partial charge in [-0.2, -0.15) is 0 Å². The average molecular weight is 207 g/mol. The normalized spacial score (nSPS) is 23.3. The zero-order valence-electron chi connectivity index (χ0n) is 8.31. The van der Waals surface area contributed by atoms with E-state index in [0.29, 0.717) is 0 Å². The molecule has 2 nitrogen and oxygen atoms in total. The quantitative estimate of drug-likeness (QED) is 0.484. The van der Waals surface area contributed by atoms with Crippen LogP contribution in [-0.4, -0.2) is 11.4 Å². The van der Waals surface area contributed by atoms with Crippen LogP contribution in [0.3, 0.4) is 0 Å². The molecule has 74 valence electrons. The largest absolute Gasteiger partial charge is 0.407 e. The van der Waals surface area contributed by atoms with Crippen molar-refractivity contribution in [3.63, 3.8) is 0 Å². The van der Waals surface area contributed by atoms with Crippen molar-refractivity contribution >= 4 is 12.2 Å². The van der Waals surface area contributed by atoms with Gasteiger partial charge in [-0.3, -0.25) is 4.31 Å². The third-order valence-corrected chi connectivity index (χ3v) is 2.89. The number of nitrogens with zero attached hydrogens (tertiary/aromatic N) is 1. The lowest BCUT2D eigenvalue weighted by Gasteiger charge is -2.20. The van der Waals surface area contributed by atoms with Crippen molar-refractivity contribution in [3.05, 3.63) is 48.4 Å². The minimum atomic E-state index is -0.124. The summed E-state index contributed by atoms with van der Waals surface area (Å²) >= 11 is 1.36. The standard InChI is InChI=1S/C11H13NOS/c1-11(7-5-3-4-6-8-11)10-9-12(2)14-13-10/h3-9H,1-2H3. The van der Waals surface area contributed by atoms with Gasteiger partial charge in [0.1, 0.15) is 5.76 Å². The molecule has 0 amide bonds. The Labute approximate surface area is 89.0 Å². The first-order valence-electron chi connectivity index (χ1n) is 4.54. The highest BCUT2D eigenvalue weighted by Crippen LogP contribution is 2.39. The van der Waals surface area contributed by atoms with Gasteiger partial charge < -0.3 is 4.18 Å². The van der Waals surface area contributed by atoms with Crippen LogP contribution in [0.25, 0.3) is 0 Å². The molecule has 0 N–H and O–H groups in total. The predicted octanol–water partition coefficient (Wildman–Crippen LogP) is 3.04. The van der Waals surface area contributed by atoms with E-state index in [4.69, 9.17) is 4.18 Å². The summed E-state index contributed by atoms with van der Waals surface area (Å²) < 4.78 is 7.50. The molecule has 0 radical (unpaired) electrons. The van der Waals surface area contributed by atoms with Crippen molar-refractivity contribution in [2.24, 2.45) is 5.41 Å². The van der Waals surface area contributed by atoms with Crippen molar-refractivity contribution in [1.82, 2.24) is 4.31 Å². The second-order valence-corrected chi connectivity index (χ2v) is 4.47. The molecule has 0 aromatic rings. The van der Waals surface area contributed by atoms with Gasteiger partial charge in [-0.05, 0) is 6.92 Å².